The van der Waals surface area contributed by atoms with Crippen LogP contribution in [0.25, 0.3) is 0 Å². The summed E-state index contributed by atoms with van der Waals surface area (Å²) in [5, 5.41) is 0. The molecule has 3 N–H and O–H groups in total. The molecule has 108 valence electrons. The highest BCUT2D eigenvalue weighted by Gasteiger charge is 2.18. The van der Waals surface area contributed by atoms with E-state index in [0.717, 1.165) is 29.7 Å². The van der Waals surface area contributed by atoms with E-state index in [1.54, 1.807) is 11.0 Å². The monoisotopic (exact) mass is 338 g/mol. The average Bonchev–Trinajstić information content (AvgIpc) is 2.45. The van der Waals surface area contributed by atoms with Crippen molar-refractivity contribution in [3.05, 3.63) is 46.1 Å². The number of carbonyl (C=O) groups excluding carboxylic acids is 1. The first-order valence-electron chi connectivity index (χ1n) is 6.92. The predicted octanol–water partition coefficient (Wildman–Crippen LogP) is 1.26. The van der Waals surface area contributed by atoms with E-state index in [4.69, 9.17) is 0 Å². The van der Waals surface area contributed by atoms with E-state index in [1.165, 1.54) is 0 Å². The maximum Gasteiger partial charge on any atom is 0.270 e. The van der Waals surface area contributed by atoms with Crippen molar-refractivity contribution in [2.24, 2.45) is 0 Å². The van der Waals surface area contributed by atoms with E-state index in [0.29, 0.717) is 11.6 Å². The largest absolute Gasteiger partial charge is 0.329 e. The van der Waals surface area contributed by atoms with Crippen molar-refractivity contribution >= 4 is 21.8 Å². The summed E-state index contributed by atoms with van der Waals surface area (Å²) in [7, 11) is 0. The van der Waals surface area contributed by atoms with Crippen LogP contribution in [0, 0.1) is 0 Å². The van der Waals surface area contributed by atoms with Crippen molar-refractivity contribution in [1.29, 1.82) is 0 Å². The molecule has 1 aromatic carbocycles. The van der Waals surface area contributed by atoms with Gasteiger partial charge in [-0.2, -0.15) is 0 Å². The van der Waals surface area contributed by atoms with Crippen molar-refractivity contribution in [3.8, 4) is 0 Å². The Balaban J connectivity index is 1.87. The number of hydrogen-bond acceptors (Lipinski definition) is 2. The number of carbonyl (C=O) groups is 1. The van der Waals surface area contributed by atoms with E-state index >= 15 is 0 Å². The van der Waals surface area contributed by atoms with E-state index in [9.17, 15) is 4.79 Å². The molecule has 0 spiro atoms. The Morgan fingerprint density at radius 1 is 1.35 bits per heavy atom. The molecule has 1 unspecified atom stereocenters. The van der Waals surface area contributed by atoms with Crippen LogP contribution >= 0.6 is 15.9 Å². The quantitative estimate of drug-likeness (QED) is 0.724. The summed E-state index contributed by atoms with van der Waals surface area (Å²) in [6.45, 7) is 6.57. The van der Waals surface area contributed by atoms with Gasteiger partial charge in [0.25, 0.3) is 5.91 Å². The lowest BCUT2D eigenvalue weighted by molar-refractivity contribution is -0.917. The van der Waals surface area contributed by atoms with Gasteiger partial charge in [-0.1, -0.05) is 12.1 Å². The van der Waals surface area contributed by atoms with Crippen molar-refractivity contribution in [3.63, 3.8) is 0 Å². The summed E-state index contributed by atoms with van der Waals surface area (Å²) in [5.74, 6) is -0.128. The fraction of sp³-hybridized carbons (Fsp3) is 0.400. The first kappa shape index (κ1) is 15.1. The number of hydrazine groups is 1. The van der Waals surface area contributed by atoms with Gasteiger partial charge in [0, 0.05) is 16.6 Å². The highest BCUT2D eigenvalue weighted by Crippen LogP contribution is 2.15. The van der Waals surface area contributed by atoms with Crippen molar-refractivity contribution in [1.82, 2.24) is 10.9 Å². The summed E-state index contributed by atoms with van der Waals surface area (Å²) in [6, 6.07) is 8.03. The van der Waals surface area contributed by atoms with Crippen LogP contribution in [0.2, 0.25) is 0 Å². The van der Waals surface area contributed by atoms with Gasteiger partial charge in [0.1, 0.15) is 0 Å². The van der Waals surface area contributed by atoms with Crippen LogP contribution in [0.4, 0.5) is 0 Å². The molecule has 1 atom stereocenters. The number of rotatable bonds is 4. The minimum atomic E-state index is -0.128. The third kappa shape index (κ3) is 3.84. The fourth-order valence-corrected chi connectivity index (χ4v) is 2.71. The molecule has 0 aromatic heterocycles. The zero-order valence-corrected chi connectivity index (χ0v) is 13.5. The van der Waals surface area contributed by atoms with Gasteiger partial charge >= 0.3 is 0 Å². The molecule has 4 nitrogen and oxygen atoms in total. The second-order valence-electron chi connectivity index (χ2n) is 5.31. The van der Waals surface area contributed by atoms with Gasteiger partial charge in [0.15, 0.2) is 0 Å². The number of hydrogen-bond donors (Lipinski definition) is 3. The summed E-state index contributed by atoms with van der Waals surface area (Å²) >= 11 is 3.38. The first-order chi connectivity index (χ1) is 9.58. The summed E-state index contributed by atoms with van der Waals surface area (Å²) in [5.41, 5.74) is 7.51. The molecule has 1 aliphatic heterocycles. The minimum Gasteiger partial charge on any atom is -0.329 e. The molecule has 1 aliphatic rings. The van der Waals surface area contributed by atoms with E-state index in [1.807, 2.05) is 18.2 Å². The number of amides is 1. The van der Waals surface area contributed by atoms with Crippen molar-refractivity contribution in [2.45, 2.75) is 26.3 Å². The van der Waals surface area contributed by atoms with Gasteiger partial charge in [-0.25, -0.2) is 0 Å². The van der Waals surface area contributed by atoms with Gasteiger partial charge in [0.2, 0.25) is 0 Å². The zero-order chi connectivity index (χ0) is 14.5. The Bertz CT molecular complexity index is 514. The summed E-state index contributed by atoms with van der Waals surface area (Å²) in [6.07, 6.45) is 3.13. The number of nitrogens with one attached hydrogen (secondary N) is 3. The summed E-state index contributed by atoms with van der Waals surface area (Å²) in [4.78, 5) is 13.6. The smallest absolute Gasteiger partial charge is 0.270 e. The predicted molar refractivity (Wildman–Crippen MR) is 83.3 cm³/mol. The number of benzene rings is 1. The van der Waals surface area contributed by atoms with Gasteiger partial charge in [-0.05, 0) is 48.0 Å². The van der Waals surface area contributed by atoms with E-state index < -0.39 is 0 Å². The topological polar surface area (TPSA) is 45.6 Å². The highest BCUT2D eigenvalue weighted by atomic mass is 79.9. The molecule has 1 heterocycles. The molecule has 0 radical (unpaired) electrons. The maximum absolute atomic E-state index is 12.0. The van der Waals surface area contributed by atoms with Crippen LogP contribution in [-0.2, 0) is 0 Å². The van der Waals surface area contributed by atoms with Gasteiger partial charge < -0.3 is 10.3 Å². The lowest BCUT2D eigenvalue weighted by atomic mass is 10.1. The maximum atomic E-state index is 12.0. The fourth-order valence-electron chi connectivity index (χ4n) is 2.24. The molecule has 20 heavy (non-hydrogen) atoms. The van der Waals surface area contributed by atoms with E-state index in [2.05, 4.69) is 46.7 Å². The number of halogens is 1. The molecule has 0 saturated carbocycles. The Morgan fingerprint density at radius 2 is 2.10 bits per heavy atom. The molecule has 1 aromatic rings. The minimum absolute atomic E-state index is 0.128. The Kier molecular flexibility index (Phi) is 5.20. The van der Waals surface area contributed by atoms with Crippen molar-refractivity contribution < 1.29 is 9.69 Å². The van der Waals surface area contributed by atoms with Gasteiger partial charge in [-0.3, -0.25) is 10.2 Å². The molecular formula is C15H21BrN3O+. The van der Waals surface area contributed by atoms with Crippen LogP contribution in [0.5, 0.6) is 0 Å². The lowest BCUT2D eigenvalue weighted by Crippen LogP contribution is -3.15. The van der Waals surface area contributed by atoms with Crippen molar-refractivity contribution in [2.75, 3.05) is 13.1 Å². The van der Waals surface area contributed by atoms with Gasteiger partial charge in [-0.15, -0.1) is 0 Å². The van der Waals surface area contributed by atoms with Crippen LogP contribution in [-0.4, -0.2) is 25.0 Å². The summed E-state index contributed by atoms with van der Waals surface area (Å²) < 4.78 is 0.798. The molecular weight excluding hydrogens is 318 g/mol. The second kappa shape index (κ2) is 6.90. The molecule has 0 saturated heterocycles. The van der Waals surface area contributed by atoms with Gasteiger partial charge in [0.05, 0.1) is 24.7 Å². The Labute approximate surface area is 128 Å². The molecule has 5 heteroatoms. The Morgan fingerprint density at radius 3 is 2.70 bits per heavy atom. The van der Waals surface area contributed by atoms with Crippen LogP contribution in [0.15, 0.2) is 40.5 Å². The van der Waals surface area contributed by atoms with Crippen LogP contribution in [0.3, 0.4) is 0 Å². The van der Waals surface area contributed by atoms with E-state index in [-0.39, 0.29) is 5.91 Å². The zero-order valence-electron chi connectivity index (χ0n) is 11.9. The molecule has 1 amide bonds. The number of quaternary nitrogens is 1. The SMILES string of the molecule is CC(C)[NH+]1CC=C(NNC(=O)c2ccccc2Br)CC1. The average molecular weight is 339 g/mol. The molecule has 0 fully saturated rings. The van der Waals surface area contributed by atoms with Crippen LogP contribution < -0.4 is 15.8 Å². The lowest BCUT2D eigenvalue weighted by Gasteiger charge is -2.27. The Hall–Kier alpha value is -1.33. The molecule has 0 bridgehead atoms. The van der Waals surface area contributed by atoms with Crippen LogP contribution in [0.1, 0.15) is 30.6 Å². The standard InChI is InChI=1S/C15H20BrN3O/c1-11(2)19-9-7-12(8-10-19)17-18-15(20)13-5-3-4-6-14(13)16/h3-7,11,17H,8-10H2,1-2H3,(H,18,20)/p+1. The third-order valence-corrected chi connectivity index (χ3v) is 4.29. The second-order valence-corrected chi connectivity index (χ2v) is 6.16. The first-order valence-corrected chi connectivity index (χ1v) is 7.71. The molecule has 2 rings (SSSR count). The highest BCUT2D eigenvalue weighted by molar-refractivity contribution is 9.10. The third-order valence-electron chi connectivity index (χ3n) is 3.60. The molecule has 0 aliphatic carbocycles. The normalized spacial score (nSPS) is 18.6.